The number of rotatable bonds is 2. The van der Waals surface area contributed by atoms with Crippen molar-refractivity contribution in [3.8, 4) is 0 Å². The SMILES string of the molecule is c1ccc(C2CC(c3nc4ccccc4[nH]3)=NO2)cc1. The molecule has 20 heavy (non-hydrogen) atoms. The summed E-state index contributed by atoms with van der Waals surface area (Å²) in [4.78, 5) is 13.4. The lowest BCUT2D eigenvalue weighted by Gasteiger charge is -2.06. The molecule has 0 radical (unpaired) electrons. The van der Waals surface area contributed by atoms with Crippen LogP contribution in [0.4, 0.5) is 0 Å². The maximum absolute atomic E-state index is 5.53. The normalized spacial score (nSPS) is 18.0. The maximum atomic E-state index is 5.53. The number of para-hydroxylation sites is 2. The average molecular weight is 263 g/mol. The number of aromatic nitrogens is 2. The number of nitrogens with zero attached hydrogens (tertiary/aromatic N) is 2. The smallest absolute Gasteiger partial charge is 0.158 e. The Morgan fingerprint density at radius 2 is 1.80 bits per heavy atom. The molecule has 4 nitrogen and oxygen atoms in total. The van der Waals surface area contributed by atoms with E-state index in [2.05, 4.69) is 27.3 Å². The Morgan fingerprint density at radius 1 is 1.00 bits per heavy atom. The van der Waals surface area contributed by atoms with E-state index < -0.39 is 0 Å². The van der Waals surface area contributed by atoms with Crippen molar-refractivity contribution in [3.05, 3.63) is 66.0 Å². The highest BCUT2D eigenvalue weighted by Gasteiger charge is 2.25. The summed E-state index contributed by atoms with van der Waals surface area (Å²) < 4.78 is 0. The lowest BCUT2D eigenvalue weighted by atomic mass is 10.0. The van der Waals surface area contributed by atoms with E-state index in [0.29, 0.717) is 0 Å². The zero-order valence-corrected chi connectivity index (χ0v) is 10.8. The lowest BCUT2D eigenvalue weighted by molar-refractivity contribution is 0.0857. The van der Waals surface area contributed by atoms with Crippen molar-refractivity contribution in [2.24, 2.45) is 5.16 Å². The third kappa shape index (κ3) is 1.86. The Labute approximate surface area is 116 Å². The van der Waals surface area contributed by atoms with Crippen molar-refractivity contribution in [2.45, 2.75) is 12.5 Å². The third-order valence-corrected chi connectivity index (χ3v) is 3.50. The Bertz CT molecular complexity index is 744. The number of imidazole rings is 1. The first kappa shape index (κ1) is 11.2. The van der Waals surface area contributed by atoms with Gasteiger partial charge in [0.05, 0.1) is 11.0 Å². The molecule has 98 valence electrons. The number of hydrogen-bond acceptors (Lipinski definition) is 3. The Hall–Kier alpha value is -2.62. The monoisotopic (exact) mass is 263 g/mol. The molecule has 0 aliphatic carbocycles. The van der Waals surface area contributed by atoms with Gasteiger partial charge in [-0.2, -0.15) is 0 Å². The summed E-state index contributed by atoms with van der Waals surface area (Å²) in [5.41, 5.74) is 3.99. The van der Waals surface area contributed by atoms with Gasteiger partial charge in [-0.3, -0.25) is 0 Å². The summed E-state index contributed by atoms with van der Waals surface area (Å²) in [5.74, 6) is 0.796. The van der Waals surface area contributed by atoms with Gasteiger partial charge in [-0.05, 0) is 17.7 Å². The maximum Gasteiger partial charge on any atom is 0.158 e. The second-order valence-electron chi connectivity index (χ2n) is 4.85. The van der Waals surface area contributed by atoms with Crippen LogP contribution in [0.5, 0.6) is 0 Å². The minimum atomic E-state index is -0.0144. The fourth-order valence-corrected chi connectivity index (χ4v) is 2.45. The van der Waals surface area contributed by atoms with Crippen molar-refractivity contribution in [1.82, 2.24) is 9.97 Å². The molecule has 4 rings (SSSR count). The molecule has 1 unspecified atom stereocenters. The van der Waals surface area contributed by atoms with E-state index in [4.69, 9.17) is 4.84 Å². The van der Waals surface area contributed by atoms with Gasteiger partial charge in [0.15, 0.2) is 11.9 Å². The Kier molecular flexibility index (Phi) is 2.52. The standard InChI is InChI=1S/C16H13N3O/c1-2-6-11(7-3-1)15-10-14(19-20-15)16-17-12-8-4-5-9-13(12)18-16/h1-9,15H,10H2,(H,17,18). The van der Waals surface area contributed by atoms with E-state index in [1.165, 1.54) is 0 Å². The first-order valence-electron chi connectivity index (χ1n) is 6.63. The van der Waals surface area contributed by atoms with Crippen LogP contribution in [-0.2, 0) is 4.84 Å². The van der Waals surface area contributed by atoms with Crippen LogP contribution in [0.3, 0.4) is 0 Å². The number of aromatic amines is 1. The molecule has 2 heterocycles. The average Bonchev–Trinajstić information content (AvgIpc) is 3.14. The van der Waals surface area contributed by atoms with Crippen LogP contribution in [-0.4, -0.2) is 15.7 Å². The molecular weight excluding hydrogens is 250 g/mol. The Morgan fingerprint density at radius 3 is 2.65 bits per heavy atom. The van der Waals surface area contributed by atoms with E-state index in [0.717, 1.165) is 34.6 Å². The number of hydrogen-bond donors (Lipinski definition) is 1. The van der Waals surface area contributed by atoms with Gasteiger partial charge in [0.25, 0.3) is 0 Å². The van der Waals surface area contributed by atoms with Gasteiger partial charge >= 0.3 is 0 Å². The van der Waals surface area contributed by atoms with E-state index in [1.807, 2.05) is 42.5 Å². The summed E-state index contributed by atoms with van der Waals surface area (Å²) >= 11 is 0. The second kappa shape index (κ2) is 4.49. The molecule has 1 aromatic heterocycles. The third-order valence-electron chi connectivity index (χ3n) is 3.50. The summed E-state index contributed by atoms with van der Waals surface area (Å²) in [5, 5.41) is 4.18. The molecule has 1 N–H and O–H groups in total. The van der Waals surface area contributed by atoms with E-state index in [9.17, 15) is 0 Å². The fourth-order valence-electron chi connectivity index (χ4n) is 2.45. The topological polar surface area (TPSA) is 50.3 Å². The summed E-state index contributed by atoms with van der Waals surface area (Å²) in [6.07, 6.45) is 0.725. The van der Waals surface area contributed by atoms with Crippen molar-refractivity contribution < 1.29 is 4.84 Å². The summed E-state index contributed by atoms with van der Waals surface area (Å²) in [6.45, 7) is 0. The van der Waals surface area contributed by atoms with Crippen LogP contribution < -0.4 is 0 Å². The van der Waals surface area contributed by atoms with Crippen LogP contribution in [0.2, 0.25) is 0 Å². The quantitative estimate of drug-likeness (QED) is 0.770. The molecular formula is C16H13N3O. The number of H-pyrrole nitrogens is 1. The zero-order chi connectivity index (χ0) is 13.4. The summed E-state index contributed by atoms with van der Waals surface area (Å²) in [6, 6.07) is 18.1. The molecule has 4 heteroatoms. The van der Waals surface area contributed by atoms with Crippen LogP contribution in [0.15, 0.2) is 59.8 Å². The summed E-state index contributed by atoms with van der Waals surface area (Å²) in [7, 11) is 0. The molecule has 1 aliphatic rings. The molecule has 2 aromatic carbocycles. The van der Waals surface area contributed by atoms with Gasteiger partial charge in [0, 0.05) is 6.42 Å². The van der Waals surface area contributed by atoms with Crippen molar-refractivity contribution in [2.75, 3.05) is 0 Å². The van der Waals surface area contributed by atoms with Crippen LogP contribution in [0.25, 0.3) is 11.0 Å². The second-order valence-corrected chi connectivity index (χ2v) is 4.85. The molecule has 0 bridgehead atoms. The zero-order valence-electron chi connectivity index (χ0n) is 10.8. The van der Waals surface area contributed by atoms with Gasteiger partial charge in [-0.15, -0.1) is 0 Å². The lowest BCUT2D eigenvalue weighted by Crippen LogP contribution is -2.03. The van der Waals surface area contributed by atoms with Gasteiger partial charge in [-0.1, -0.05) is 47.6 Å². The van der Waals surface area contributed by atoms with Crippen LogP contribution >= 0.6 is 0 Å². The molecule has 0 amide bonds. The minimum absolute atomic E-state index is 0.0144. The molecule has 1 aliphatic heterocycles. The molecule has 0 fully saturated rings. The fraction of sp³-hybridized carbons (Fsp3) is 0.125. The van der Waals surface area contributed by atoms with Gasteiger partial charge in [-0.25, -0.2) is 4.98 Å². The van der Waals surface area contributed by atoms with Crippen LogP contribution in [0, 0.1) is 0 Å². The van der Waals surface area contributed by atoms with E-state index in [-0.39, 0.29) is 6.10 Å². The number of benzene rings is 2. The van der Waals surface area contributed by atoms with Gasteiger partial charge in [0.2, 0.25) is 0 Å². The molecule has 0 saturated heterocycles. The van der Waals surface area contributed by atoms with Crippen molar-refractivity contribution >= 4 is 16.7 Å². The Balaban J connectivity index is 1.61. The molecule has 0 spiro atoms. The first-order valence-corrected chi connectivity index (χ1v) is 6.63. The van der Waals surface area contributed by atoms with Crippen LogP contribution in [0.1, 0.15) is 23.9 Å². The minimum Gasteiger partial charge on any atom is -0.387 e. The first-order chi connectivity index (χ1) is 9.90. The number of fused-ring (bicyclic) bond motifs is 1. The van der Waals surface area contributed by atoms with Crippen molar-refractivity contribution in [1.29, 1.82) is 0 Å². The molecule has 0 saturated carbocycles. The highest BCUT2D eigenvalue weighted by molar-refractivity contribution is 6.00. The largest absolute Gasteiger partial charge is 0.387 e. The number of oxime groups is 1. The molecule has 3 aromatic rings. The number of nitrogens with one attached hydrogen (secondary N) is 1. The predicted octanol–water partition coefficient (Wildman–Crippen LogP) is 3.43. The van der Waals surface area contributed by atoms with Gasteiger partial charge < -0.3 is 9.82 Å². The highest BCUT2D eigenvalue weighted by atomic mass is 16.6. The van der Waals surface area contributed by atoms with E-state index in [1.54, 1.807) is 0 Å². The van der Waals surface area contributed by atoms with Gasteiger partial charge in [0.1, 0.15) is 5.71 Å². The van der Waals surface area contributed by atoms with E-state index >= 15 is 0 Å². The predicted molar refractivity (Wildman–Crippen MR) is 77.5 cm³/mol. The van der Waals surface area contributed by atoms with Crippen molar-refractivity contribution in [3.63, 3.8) is 0 Å². The molecule has 1 atom stereocenters. The highest BCUT2D eigenvalue weighted by Crippen LogP contribution is 2.29.